The molecule has 1 heterocycles. The van der Waals surface area contributed by atoms with Crippen LogP contribution in [0.15, 0.2) is 54.2 Å². The number of methoxy groups -OCH3 is 2. The van der Waals surface area contributed by atoms with Crippen LogP contribution in [-0.2, 0) is 14.3 Å². The Labute approximate surface area is 182 Å². The molecule has 0 saturated heterocycles. The molecular weight excluding hydrogens is 396 g/mol. The second-order valence-corrected chi connectivity index (χ2v) is 7.34. The van der Waals surface area contributed by atoms with E-state index in [2.05, 4.69) is 5.32 Å². The molecule has 7 heteroatoms. The fourth-order valence-electron chi connectivity index (χ4n) is 3.38. The molecule has 0 atom stereocenters. The minimum absolute atomic E-state index is 0.0949. The van der Waals surface area contributed by atoms with Crippen LogP contribution in [0.4, 0.5) is 5.69 Å². The van der Waals surface area contributed by atoms with E-state index < -0.39 is 0 Å². The highest BCUT2D eigenvalue weighted by atomic mass is 16.5. The molecule has 2 aromatic rings. The van der Waals surface area contributed by atoms with Crippen molar-refractivity contribution in [3.05, 3.63) is 59.8 Å². The quantitative estimate of drug-likeness (QED) is 0.463. The summed E-state index contributed by atoms with van der Waals surface area (Å²) in [6.45, 7) is 4.64. The predicted molar refractivity (Wildman–Crippen MR) is 119 cm³/mol. The summed E-state index contributed by atoms with van der Waals surface area (Å²) in [5.74, 6) is 0.431. The van der Waals surface area contributed by atoms with Crippen molar-refractivity contribution in [3.63, 3.8) is 0 Å². The van der Waals surface area contributed by atoms with Crippen LogP contribution < -0.4 is 14.8 Å². The van der Waals surface area contributed by atoms with E-state index in [1.54, 1.807) is 25.3 Å². The first kappa shape index (κ1) is 22.4. The van der Waals surface area contributed by atoms with Gasteiger partial charge in [0, 0.05) is 30.5 Å². The first-order valence-corrected chi connectivity index (χ1v) is 10.2. The number of imide groups is 1. The summed E-state index contributed by atoms with van der Waals surface area (Å²) in [7, 11) is 3.11. The van der Waals surface area contributed by atoms with Gasteiger partial charge >= 0.3 is 0 Å². The van der Waals surface area contributed by atoms with E-state index in [-0.39, 0.29) is 35.7 Å². The zero-order valence-electron chi connectivity index (χ0n) is 18.3. The van der Waals surface area contributed by atoms with Crippen LogP contribution in [0.2, 0.25) is 0 Å². The average molecular weight is 424 g/mol. The highest BCUT2D eigenvalue weighted by molar-refractivity contribution is 6.37. The van der Waals surface area contributed by atoms with Crippen LogP contribution in [0.3, 0.4) is 0 Å². The number of nitrogens with one attached hydrogen (secondary N) is 1. The van der Waals surface area contributed by atoms with Gasteiger partial charge in [-0.05, 0) is 38.5 Å². The monoisotopic (exact) mass is 424 g/mol. The van der Waals surface area contributed by atoms with Gasteiger partial charge in [-0.2, -0.15) is 0 Å². The van der Waals surface area contributed by atoms with Crippen molar-refractivity contribution in [2.45, 2.75) is 26.4 Å². The van der Waals surface area contributed by atoms with E-state index in [1.807, 2.05) is 44.2 Å². The fraction of sp³-hybridized carbons (Fsp3) is 0.333. The molecule has 2 amide bonds. The number of carbonyl (C=O) groups excluding carboxylic acids is 2. The van der Waals surface area contributed by atoms with Crippen molar-refractivity contribution in [1.82, 2.24) is 4.90 Å². The summed E-state index contributed by atoms with van der Waals surface area (Å²) in [5.41, 5.74) is 1.71. The normalized spacial score (nSPS) is 13.9. The van der Waals surface area contributed by atoms with Crippen molar-refractivity contribution >= 4 is 23.1 Å². The minimum atomic E-state index is -0.377. The molecule has 1 aliphatic rings. The topological polar surface area (TPSA) is 77.1 Å². The van der Waals surface area contributed by atoms with Gasteiger partial charge in [0.2, 0.25) is 0 Å². The van der Waals surface area contributed by atoms with Crippen molar-refractivity contribution < 1.29 is 23.8 Å². The Morgan fingerprint density at radius 3 is 2.45 bits per heavy atom. The molecule has 0 spiro atoms. The molecule has 0 bridgehead atoms. The summed E-state index contributed by atoms with van der Waals surface area (Å²) < 4.78 is 16.3. The number of nitrogens with zero attached hydrogens (tertiary/aromatic N) is 1. The summed E-state index contributed by atoms with van der Waals surface area (Å²) in [5, 5.41) is 3.14. The summed E-state index contributed by atoms with van der Waals surface area (Å²) in [4.78, 5) is 27.8. The first-order chi connectivity index (χ1) is 15.0. The molecule has 0 aromatic heterocycles. The Morgan fingerprint density at radius 2 is 1.74 bits per heavy atom. The minimum Gasteiger partial charge on any atom is -0.497 e. The van der Waals surface area contributed by atoms with Crippen LogP contribution >= 0.6 is 0 Å². The van der Waals surface area contributed by atoms with Crippen LogP contribution in [0.25, 0.3) is 5.57 Å². The van der Waals surface area contributed by atoms with Gasteiger partial charge in [0.1, 0.15) is 17.2 Å². The standard InChI is InChI=1S/C24H28N2O5/c1-16(2)31-14-8-13-26-23(27)21(19-11-5-6-12-20(19)30-4)22(24(26)28)25-17-9-7-10-18(15-17)29-3/h5-7,9-12,15-16,25H,8,13-14H2,1-4H3. The van der Waals surface area contributed by atoms with E-state index in [0.717, 1.165) is 0 Å². The lowest BCUT2D eigenvalue weighted by Crippen LogP contribution is -2.34. The number of rotatable bonds is 10. The Kier molecular flexibility index (Phi) is 7.31. The van der Waals surface area contributed by atoms with Crippen LogP contribution in [0, 0.1) is 0 Å². The number of benzene rings is 2. The first-order valence-electron chi connectivity index (χ1n) is 10.2. The van der Waals surface area contributed by atoms with Gasteiger partial charge < -0.3 is 19.5 Å². The predicted octanol–water partition coefficient (Wildman–Crippen LogP) is 3.71. The van der Waals surface area contributed by atoms with Crippen molar-refractivity contribution in [1.29, 1.82) is 0 Å². The summed E-state index contributed by atoms with van der Waals surface area (Å²) >= 11 is 0. The molecule has 0 fully saturated rings. The van der Waals surface area contributed by atoms with Gasteiger partial charge in [-0.25, -0.2) is 0 Å². The van der Waals surface area contributed by atoms with E-state index in [1.165, 1.54) is 12.0 Å². The van der Waals surface area contributed by atoms with Crippen molar-refractivity contribution in [2.75, 3.05) is 32.7 Å². The highest BCUT2D eigenvalue weighted by Crippen LogP contribution is 2.35. The van der Waals surface area contributed by atoms with Gasteiger partial charge in [-0.1, -0.05) is 24.3 Å². The number of hydrogen-bond donors (Lipinski definition) is 1. The molecule has 164 valence electrons. The number of hydrogen-bond acceptors (Lipinski definition) is 6. The zero-order valence-corrected chi connectivity index (χ0v) is 18.3. The zero-order chi connectivity index (χ0) is 22.4. The number of carbonyl (C=O) groups is 2. The van der Waals surface area contributed by atoms with Crippen LogP contribution in [0.5, 0.6) is 11.5 Å². The molecule has 7 nitrogen and oxygen atoms in total. The number of anilines is 1. The van der Waals surface area contributed by atoms with E-state index in [4.69, 9.17) is 14.2 Å². The lowest BCUT2D eigenvalue weighted by Gasteiger charge is -2.16. The third-order valence-electron chi connectivity index (χ3n) is 4.86. The van der Waals surface area contributed by atoms with E-state index >= 15 is 0 Å². The Hall–Kier alpha value is -3.32. The van der Waals surface area contributed by atoms with E-state index in [9.17, 15) is 9.59 Å². The molecular formula is C24H28N2O5. The molecule has 0 aliphatic carbocycles. The molecule has 31 heavy (non-hydrogen) atoms. The van der Waals surface area contributed by atoms with Gasteiger partial charge in [0.25, 0.3) is 11.8 Å². The SMILES string of the molecule is COc1cccc(NC2=C(c3ccccc3OC)C(=O)N(CCCOC(C)C)C2=O)c1. The third kappa shape index (κ3) is 5.06. The largest absolute Gasteiger partial charge is 0.497 e. The fourth-order valence-corrected chi connectivity index (χ4v) is 3.38. The van der Waals surface area contributed by atoms with Crippen molar-refractivity contribution in [2.24, 2.45) is 0 Å². The molecule has 1 N–H and O–H groups in total. The third-order valence-corrected chi connectivity index (χ3v) is 4.86. The molecule has 0 radical (unpaired) electrons. The summed E-state index contributed by atoms with van der Waals surface area (Å²) in [6.07, 6.45) is 0.652. The Morgan fingerprint density at radius 1 is 0.968 bits per heavy atom. The number of amides is 2. The van der Waals surface area contributed by atoms with Crippen molar-refractivity contribution in [3.8, 4) is 11.5 Å². The van der Waals surface area contributed by atoms with Crippen LogP contribution in [0.1, 0.15) is 25.8 Å². The van der Waals surface area contributed by atoms with Crippen LogP contribution in [-0.4, -0.2) is 50.2 Å². The maximum atomic E-state index is 13.3. The second kappa shape index (κ2) is 10.1. The van der Waals surface area contributed by atoms with Gasteiger partial charge in [-0.15, -0.1) is 0 Å². The summed E-state index contributed by atoms with van der Waals surface area (Å²) in [6, 6.07) is 14.4. The maximum absolute atomic E-state index is 13.3. The highest BCUT2D eigenvalue weighted by Gasteiger charge is 2.39. The molecule has 2 aromatic carbocycles. The average Bonchev–Trinajstić information content (AvgIpc) is 3.00. The number of ether oxygens (including phenoxy) is 3. The number of para-hydroxylation sites is 1. The molecule has 3 rings (SSSR count). The van der Waals surface area contributed by atoms with Gasteiger partial charge in [-0.3, -0.25) is 14.5 Å². The maximum Gasteiger partial charge on any atom is 0.278 e. The Balaban J connectivity index is 1.96. The Bertz CT molecular complexity index is 983. The lowest BCUT2D eigenvalue weighted by molar-refractivity contribution is -0.137. The van der Waals surface area contributed by atoms with Gasteiger partial charge in [0.05, 0.1) is 25.9 Å². The molecule has 0 unspecified atom stereocenters. The smallest absolute Gasteiger partial charge is 0.278 e. The molecule has 0 saturated carbocycles. The van der Waals surface area contributed by atoms with E-state index in [0.29, 0.717) is 35.8 Å². The molecule has 1 aliphatic heterocycles. The van der Waals surface area contributed by atoms with Gasteiger partial charge in [0.15, 0.2) is 0 Å². The second-order valence-electron chi connectivity index (χ2n) is 7.34. The lowest BCUT2D eigenvalue weighted by atomic mass is 10.0.